The second-order valence-corrected chi connectivity index (χ2v) is 14.5. The number of rotatable bonds is 6. The SMILES string of the molecule is c1ccc(-c2ccc(-c3cc(-c4cc(-c5ccccc5)cc(-c5cccc6sc7ccccc7c56)c4)nc(-c4cccc5ccccc45)n3)cc2)cc1. The van der Waals surface area contributed by atoms with Gasteiger partial charge in [0.1, 0.15) is 0 Å². The van der Waals surface area contributed by atoms with Crippen LogP contribution in [0.3, 0.4) is 0 Å². The third kappa shape index (κ3) is 5.78. The van der Waals surface area contributed by atoms with Crippen LogP contribution in [-0.4, -0.2) is 9.97 Å². The number of hydrogen-bond acceptors (Lipinski definition) is 3. The Balaban J connectivity index is 1.21. The summed E-state index contributed by atoms with van der Waals surface area (Å²) in [6.07, 6.45) is 0. The second kappa shape index (κ2) is 13.1. The molecule has 3 heteroatoms. The van der Waals surface area contributed by atoms with Crippen LogP contribution in [-0.2, 0) is 0 Å². The molecule has 0 atom stereocenters. The monoisotopic (exact) mass is 692 g/mol. The Labute approximate surface area is 312 Å². The van der Waals surface area contributed by atoms with Crippen LogP contribution in [0.5, 0.6) is 0 Å². The predicted molar refractivity (Wildman–Crippen MR) is 225 cm³/mol. The lowest BCUT2D eigenvalue weighted by Crippen LogP contribution is -1.97. The molecule has 248 valence electrons. The van der Waals surface area contributed by atoms with Gasteiger partial charge in [-0.05, 0) is 80.6 Å². The molecule has 8 aromatic carbocycles. The van der Waals surface area contributed by atoms with E-state index in [2.05, 4.69) is 194 Å². The maximum atomic E-state index is 5.38. The molecule has 2 heterocycles. The van der Waals surface area contributed by atoms with E-state index in [1.54, 1.807) is 0 Å². The number of aromatic nitrogens is 2. The topological polar surface area (TPSA) is 25.8 Å². The van der Waals surface area contributed by atoms with E-state index in [9.17, 15) is 0 Å². The minimum absolute atomic E-state index is 0.707. The van der Waals surface area contributed by atoms with Gasteiger partial charge in [0.2, 0.25) is 0 Å². The van der Waals surface area contributed by atoms with Crippen molar-refractivity contribution in [2.45, 2.75) is 0 Å². The Hall–Kier alpha value is -6.68. The standard InChI is InChI=1S/C50H32N2S/c1-3-13-33(14-4-1)35-25-27-37(28-26-35)45-32-46(52-50(51-45)43-22-11-18-36-17-7-8-19-41(36)43)40-30-38(34-15-5-2-6-16-34)29-39(31-40)42-21-12-24-48-49(42)44-20-9-10-23-47(44)53-48/h1-32H. The van der Waals surface area contributed by atoms with Crippen LogP contribution < -0.4 is 0 Å². The van der Waals surface area contributed by atoms with Crippen LogP contribution in [0.1, 0.15) is 0 Å². The number of hydrogen-bond donors (Lipinski definition) is 0. The van der Waals surface area contributed by atoms with Crippen molar-refractivity contribution in [3.05, 3.63) is 194 Å². The highest BCUT2D eigenvalue weighted by Gasteiger charge is 2.17. The fourth-order valence-electron chi connectivity index (χ4n) is 7.49. The highest BCUT2D eigenvalue weighted by atomic mass is 32.1. The summed E-state index contributed by atoms with van der Waals surface area (Å²) in [5.41, 5.74) is 11.9. The Kier molecular flexibility index (Phi) is 7.71. The van der Waals surface area contributed by atoms with E-state index in [1.165, 1.54) is 36.9 Å². The molecule has 10 aromatic rings. The van der Waals surface area contributed by atoms with Gasteiger partial charge in [-0.25, -0.2) is 9.97 Å². The minimum atomic E-state index is 0.707. The Morgan fingerprint density at radius 3 is 1.64 bits per heavy atom. The maximum absolute atomic E-state index is 5.38. The third-order valence-electron chi connectivity index (χ3n) is 10.1. The van der Waals surface area contributed by atoms with Gasteiger partial charge in [-0.3, -0.25) is 0 Å². The summed E-state index contributed by atoms with van der Waals surface area (Å²) in [5.74, 6) is 0.707. The van der Waals surface area contributed by atoms with Crippen molar-refractivity contribution in [2.75, 3.05) is 0 Å². The molecular formula is C50H32N2S. The molecule has 0 bridgehead atoms. The average Bonchev–Trinajstić information content (AvgIpc) is 3.63. The molecule has 0 fully saturated rings. The zero-order chi connectivity index (χ0) is 35.1. The summed E-state index contributed by atoms with van der Waals surface area (Å²) in [4.78, 5) is 10.6. The quantitative estimate of drug-likeness (QED) is 0.173. The van der Waals surface area contributed by atoms with Crippen molar-refractivity contribution in [1.29, 1.82) is 0 Å². The largest absolute Gasteiger partial charge is 0.228 e. The van der Waals surface area contributed by atoms with Crippen LogP contribution >= 0.6 is 11.3 Å². The molecular weight excluding hydrogens is 661 g/mol. The molecule has 0 N–H and O–H groups in total. The second-order valence-electron chi connectivity index (χ2n) is 13.4. The van der Waals surface area contributed by atoms with Gasteiger partial charge in [0, 0.05) is 36.9 Å². The van der Waals surface area contributed by atoms with Gasteiger partial charge >= 0.3 is 0 Å². The first kappa shape index (κ1) is 31.1. The van der Waals surface area contributed by atoms with Crippen molar-refractivity contribution in [3.8, 4) is 67.3 Å². The van der Waals surface area contributed by atoms with Crippen molar-refractivity contribution >= 4 is 42.3 Å². The lowest BCUT2D eigenvalue weighted by atomic mass is 9.92. The van der Waals surface area contributed by atoms with Crippen molar-refractivity contribution in [2.24, 2.45) is 0 Å². The van der Waals surface area contributed by atoms with E-state index < -0.39 is 0 Å². The van der Waals surface area contributed by atoms with Crippen LogP contribution in [0, 0.1) is 0 Å². The molecule has 0 aliphatic rings. The molecule has 0 spiro atoms. The molecule has 0 saturated heterocycles. The number of thiophene rings is 1. The van der Waals surface area contributed by atoms with E-state index in [1.807, 2.05) is 11.3 Å². The first-order chi connectivity index (χ1) is 26.2. The smallest absolute Gasteiger partial charge is 0.161 e. The Morgan fingerprint density at radius 2 is 0.849 bits per heavy atom. The fourth-order valence-corrected chi connectivity index (χ4v) is 8.62. The zero-order valence-corrected chi connectivity index (χ0v) is 29.6. The summed E-state index contributed by atoms with van der Waals surface area (Å²) in [6, 6.07) is 69.2. The summed E-state index contributed by atoms with van der Waals surface area (Å²) in [5, 5.41) is 4.88. The van der Waals surface area contributed by atoms with Gasteiger partial charge in [0.15, 0.2) is 5.82 Å². The summed E-state index contributed by atoms with van der Waals surface area (Å²) in [6.45, 7) is 0. The van der Waals surface area contributed by atoms with E-state index in [0.29, 0.717) is 5.82 Å². The van der Waals surface area contributed by atoms with Gasteiger partial charge in [0.05, 0.1) is 11.4 Å². The molecule has 0 aliphatic heterocycles. The first-order valence-corrected chi connectivity index (χ1v) is 18.7. The first-order valence-electron chi connectivity index (χ1n) is 17.9. The van der Waals surface area contributed by atoms with Gasteiger partial charge in [-0.2, -0.15) is 0 Å². The summed E-state index contributed by atoms with van der Waals surface area (Å²) < 4.78 is 2.59. The van der Waals surface area contributed by atoms with Gasteiger partial charge < -0.3 is 0 Å². The zero-order valence-electron chi connectivity index (χ0n) is 28.8. The predicted octanol–water partition coefficient (Wildman–Crippen LogP) is 14.0. The normalized spacial score (nSPS) is 11.4. The summed E-state index contributed by atoms with van der Waals surface area (Å²) in [7, 11) is 0. The van der Waals surface area contributed by atoms with Crippen molar-refractivity contribution < 1.29 is 0 Å². The Morgan fingerprint density at radius 1 is 0.321 bits per heavy atom. The van der Waals surface area contributed by atoms with E-state index in [0.717, 1.165) is 55.5 Å². The molecule has 0 saturated carbocycles. The van der Waals surface area contributed by atoms with Gasteiger partial charge in [-0.15, -0.1) is 11.3 Å². The molecule has 2 aromatic heterocycles. The average molecular weight is 693 g/mol. The molecule has 53 heavy (non-hydrogen) atoms. The number of benzene rings is 8. The lowest BCUT2D eigenvalue weighted by Gasteiger charge is -2.14. The molecule has 10 rings (SSSR count). The summed E-state index contributed by atoms with van der Waals surface area (Å²) >= 11 is 1.85. The van der Waals surface area contributed by atoms with Crippen molar-refractivity contribution in [3.63, 3.8) is 0 Å². The Bertz CT molecular complexity index is 2920. The van der Waals surface area contributed by atoms with E-state index in [4.69, 9.17) is 9.97 Å². The molecule has 0 amide bonds. The molecule has 0 unspecified atom stereocenters. The molecule has 2 nitrogen and oxygen atoms in total. The van der Waals surface area contributed by atoms with Crippen molar-refractivity contribution in [1.82, 2.24) is 9.97 Å². The fraction of sp³-hybridized carbons (Fsp3) is 0. The number of nitrogens with zero attached hydrogens (tertiary/aromatic N) is 2. The van der Waals surface area contributed by atoms with Crippen LogP contribution in [0.4, 0.5) is 0 Å². The molecule has 0 aliphatic carbocycles. The molecule has 0 radical (unpaired) electrons. The highest BCUT2D eigenvalue weighted by Crippen LogP contribution is 2.42. The van der Waals surface area contributed by atoms with E-state index in [-0.39, 0.29) is 0 Å². The lowest BCUT2D eigenvalue weighted by molar-refractivity contribution is 1.19. The van der Waals surface area contributed by atoms with Crippen LogP contribution in [0.15, 0.2) is 194 Å². The van der Waals surface area contributed by atoms with Crippen LogP contribution in [0.2, 0.25) is 0 Å². The highest BCUT2D eigenvalue weighted by molar-refractivity contribution is 7.25. The van der Waals surface area contributed by atoms with Crippen LogP contribution in [0.25, 0.3) is 98.2 Å². The van der Waals surface area contributed by atoms with E-state index >= 15 is 0 Å². The van der Waals surface area contributed by atoms with Gasteiger partial charge in [0.25, 0.3) is 0 Å². The minimum Gasteiger partial charge on any atom is -0.228 e. The van der Waals surface area contributed by atoms with Gasteiger partial charge in [-0.1, -0.05) is 158 Å². The maximum Gasteiger partial charge on any atom is 0.161 e. The third-order valence-corrected chi connectivity index (χ3v) is 11.2. The number of fused-ring (bicyclic) bond motifs is 4.